The second-order valence-corrected chi connectivity index (χ2v) is 8.57. The van der Waals surface area contributed by atoms with E-state index >= 15 is 0 Å². The van der Waals surface area contributed by atoms with Crippen LogP contribution in [-0.4, -0.2) is 28.1 Å². The van der Waals surface area contributed by atoms with Crippen LogP contribution in [0.4, 0.5) is 0 Å². The second kappa shape index (κ2) is 11.4. The van der Waals surface area contributed by atoms with Gasteiger partial charge in [-0.1, -0.05) is 78.9 Å². The molecule has 0 amide bonds. The number of nitrogens with zero attached hydrogens (tertiary/aromatic N) is 2. The number of carbonyl (C=O) groups is 1. The van der Waals surface area contributed by atoms with Crippen molar-refractivity contribution in [2.45, 2.75) is 32.0 Å². The standard InChI is InChI=1S/C30H30N2O3/c1-22(24-12-7-4-8-13-24)32(21-23-10-5-3-6-11-23)28(19-30(33)34)26-15-9-14-25(18-26)27-16-17-29(35-2)31-20-27/h3-18,20,22,28H,19,21H2,1-2H3,(H,33,34)/t22-,28?/m1/s1. The van der Waals surface area contributed by atoms with Gasteiger partial charge in [0.2, 0.25) is 5.88 Å². The molecule has 0 spiro atoms. The van der Waals surface area contributed by atoms with Crippen LogP contribution in [0.1, 0.15) is 42.1 Å². The van der Waals surface area contributed by atoms with Crippen molar-refractivity contribution in [1.82, 2.24) is 9.88 Å². The molecule has 1 heterocycles. The zero-order valence-electron chi connectivity index (χ0n) is 20.0. The Balaban J connectivity index is 1.75. The fraction of sp³-hybridized carbons (Fsp3) is 0.200. The van der Waals surface area contributed by atoms with E-state index in [9.17, 15) is 9.90 Å². The number of benzene rings is 3. The second-order valence-electron chi connectivity index (χ2n) is 8.57. The highest BCUT2D eigenvalue weighted by atomic mass is 16.5. The number of pyridine rings is 1. The Kier molecular flexibility index (Phi) is 7.91. The summed E-state index contributed by atoms with van der Waals surface area (Å²) in [5.74, 6) is -0.274. The Morgan fingerprint density at radius 2 is 1.57 bits per heavy atom. The van der Waals surface area contributed by atoms with Gasteiger partial charge < -0.3 is 9.84 Å². The fourth-order valence-corrected chi connectivity index (χ4v) is 4.42. The maximum Gasteiger partial charge on any atom is 0.305 e. The summed E-state index contributed by atoms with van der Waals surface area (Å²) in [6, 6.07) is 32.0. The van der Waals surface area contributed by atoms with Crippen LogP contribution in [0.2, 0.25) is 0 Å². The summed E-state index contributed by atoms with van der Waals surface area (Å²) < 4.78 is 5.18. The van der Waals surface area contributed by atoms with Crippen LogP contribution in [0, 0.1) is 0 Å². The van der Waals surface area contributed by atoms with Crippen LogP contribution in [0.3, 0.4) is 0 Å². The third kappa shape index (κ3) is 6.14. The maximum atomic E-state index is 12.1. The normalized spacial score (nSPS) is 12.8. The fourth-order valence-electron chi connectivity index (χ4n) is 4.42. The van der Waals surface area contributed by atoms with Crippen molar-refractivity contribution < 1.29 is 14.6 Å². The van der Waals surface area contributed by atoms with Crippen molar-refractivity contribution in [2.75, 3.05) is 7.11 Å². The van der Waals surface area contributed by atoms with Gasteiger partial charge in [0.25, 0.3) is 0 Å². The molecule has 1 unspecified atom stereocenters. The predicted molar refractivity (Wildman–Crippen MR) is 138 cm³/mol. The van der Waals surface area contributed by atoms with Gasteiger partial charge in [-0.3, -0.25) is 9.69 Å². The van der Waals surface area contributed by atoms with Crippen molar-refractivity contribution >= 4 is 5.97 Å². The first-order valence-corrected chi connectivity index (χ1v) is 11.7. The van der Waals surface area contributed by atoms with Gasteiger partial charge in [-0.25, -0.2) is 4.98 Å². The van der Waals surface area contributed by atoms with Crippen molar-refractivity contribution in [3.05, 3.63) is 120 Å². The average molecular weight is 467 g/mol. The summed E-state index contributed by atoms with van der Waals surface area (Å²) in [5.41, 5.74) is 5.18. The molecule has 0 aliphatic heterocycles. The van der Waals surface area contributed by atoms with Gasteiger partial charge in [-0.2, -0.15) is 0 Å². The van der Waals surface area contributed by atoms with Crippen LogP contribution < -0.4 is 4.74 Å². The summed E-state index contributed by atoms with van der Waals surface area (Å²) in [6.45, 7) is 2.77. The molecule has 35 heavy (non-hydrogen) atoms. The molecule has 0 saturated heterocycles. The highest BCUT2D eigenvalue weighted by Crippen LogP contribution is 2.36. The lowest BCUT2D eigenvalue weighted by Crippen LogP contribution is -2.32. The van der Waals surface area contributed by atoms with Gasteiger partial charge in [-0.05, 0) is 41.3 Å². The Hall–Kier alpha value is -3.96. The van der Waals surface area contributed by atoms with E-state index in [1.54, 1.807) is 13.3 Å². The number of hydrogen-bond donors (Lipinski definition) is 1. The SMILES string of the molecule is COc1ccc(-c2cccc(C(CC(=O)O)N(Cc3ccccc3)[C@H](C)c3ccccc3)c2)cn1. The molecule has 5 nitrogen and oxygen atoms in total. The largest absolute Gasteiger partial charge is 0.481 e. The van der Waals surface area contributed by atoms with E-state index in [4.69, 9.17) is 4.74 Å². The van der Waals surface area contributed by atoms with E-state index in [2.05, 4.69) is 47.1 Å². The number of carboxylic acids is 1. The van der Waals surface area contributed by atoms with Crippen LogP contribution in [0.5, 0.6) is 5.88 Å². The van der Waals surface area contributed by atoms with E-state index in [-0.39, 0.29) is 18.5 Å². The first-order valence-electron chi connectivity index (χ1n) is 11.7. The molecule has 4 rings (SSSR count). The Morgan fingerprint density at radius 1 is 0.886 bits per heavy atom. The molecule has 2 atom stereocenters. The van der Waals surface area contributed by atoms with E-state index in [0.717, 1.165) is 27.8 Å². The van der Waals surface area contributed by atoms with E-state index in [1.807, 2.05) is 66.7 Å². The first kappa shape index (κ1) is 24.2. The molecule has 4 aromatic rings. The summed E-state index contributed by atoms with van der Waals surface area (Å²) in [5, 5.41) is 9.91. The van der Waals surface area contributed by atoms with E-state index in [0.29, 0.717) is 12.4 Å². The molecular weight excluding hydrogens is 436 g/mol. The molecule has 0 fully saturated rings. The number of ether oxygens (including phenoxy) is 1. The lowest BCUT2D eigenvalue weighted by molar-refractivity contribution is -0.138. The predicted octanol–water partition coefficient (Wildman–Crippen LogP) is 6.54. The molecule has 0 saturated carbocycles. The molecule has 1 N–H and O–H groups in total. The summed E-state index contributed by atoms with van der Waals surface area (Å²) in [7, 11) is 1.59. The molecule has 0 radical (unpaired) electrons. The number of carboxylic acid groups (broad SMARTS) is 1. The number of rotatable bonds is 10. The third-order valence-electron chi connectivity index (χ3n) is 6.31. The van der Waals surface area contributed by atoms with E-state index < -0.39 is 5.97 Å². The molecule has 0 aliphatic carbocycles. The molecule has 178 valence electrons. The Bertz CT molecular complexity index is 1230. The molecule has 5 heteroatoms. The smallest absolute Gasteiger partial charge is 0.305 e. The van der Waals surface area contributed by atoms with Crippen molar-refractivity contribution in [3.8, 4) is 17.0 Å². The van der Waals surface area contributed by atoms with Crippen molar-refractivity contribution in [2.24, 2.45) is 0 Å². The quantitative estimate of drug-likeness (QED) is 0.288. The number of hydrogen-bond acceptors (Lipinski definition) is 4. The highest BCUT2D eigenvalue weighted by Gasteiger charge is 2.28. The van der Waals surface area contributed by atoms with Gasteiger partial charge in [-0.15, -0.1) is 0 Å². The van der Waals surface area contributed by atoms with Crippen LogP contribution in [0.25, 0.3) is 11.1 Å². The molecule has 1 aromatic heterocycles. The van der Waals surface area contributed by atoms with Crippen LogP contribution in [0.15, 0.2) is 103 Å². The third-order valence-corrected chi connectivity index (χ3v) is 6.31. The lowest BCUT2D eigenvalue weighted by Gasteiger charge is -2.37. The minimum atomic E-state index is -0.829. The Morgan fingerprint density at radius 3 is 2.20 bits per heavy atom. The average Bonchev–Trinajstić information content (AvgIpc) is 2.91. The monoisotopic (exact) mass is 466 g/mol. The van der Waals surface area contributed by atoms with Crippen LogP contribution in [-0.2, 0) is 11.3 Å². The molecule has 0 aliphatic rings. The summed E-state index contributed by atoms with van der Waals surface area (Å²) >= 11 is 0. The Labute approximate surface area is 206 Å². The maximum absolute atomic E-state index is 12.1. The molecule has 3 aromatic carbocycles. The summed E-state index contributed by atoms with van der Waals surface area (Å²) in [4.78, 5) is 18.7. The number of aliphatic carboxylic acids is 1. The number of methoxy groups -OCH3 is 1. The minimum Gasteiger partial charge on any atom is -0.481 e. The molecular formula is C30H30N2O3. The van der Waals surface area contributed by atoms with Gasteiger partial charge in [0.15, 0.2) is 0 Å². The zero-order valence-corrected chi connectivity index (χ0v) is 20.0. The van der Waals surface area contributed by atoms with Crippen LogP contribution >= 0.6 is 0 Å². The van der Waals surface area contributed by atoms with Gasteiger partial charge >= 0.3 is 5.97 Å². The van der Waals surface area contributed by atoms with Gasteiger partial charge in [0.05, 0.1) is 13.5 Å². The van der Waals surface area contributed by atoms with Gasteiger partial charge in [0.1, 0.15) is 0 Å². The van der Waals surface area contributed by atoms with Gasteiger partial charge in [0, 0.05) is 36.5 Å². The van der Waals surface area contributed by atoms with Crippen molar-refractivity contribution in [3.63, 3.8) is 0 Å². The zero-order chi connectivity index (χ0) is 24.6. The highest BCUT2D eigenvalue weighted by molar-refractivity contribution is 5.69. The lowest BCUT2D eigenvalue weighted by atomic mass is 9.94. The summed E-state index contributed by atoms with van der Waals surface area (Å²) in [6.07, 6.45) is 1.77. The molecule has 0 bridgehead atoms. The topological polar surface area (TPSA) is 62.7 Å². The van der Waals surface area contributed by atoms with Crippen molar-refractivity contribution in [1.29, 1.82) is 0 Å². The number of aromatic nitrogens is 1. The first-order chi connectivity index (χ1) is 17.0. The van der Waals surface area contributed by atoms with E-state index in [1.165, 1.54) is 0 Å². The minimum absolute atomic E-state index is 0.00563.